The third-order valence-electron chi connectivity index (χ3n) is 4.79. The van der Waals surface area contributed by atoms with E-state index in [1.807, 2.05) is 18.2 Å². The molecule has 0 spiro atoms. The van der Waals surface area contributed by atoms with E-state index in [9.17, 15) is 4.79 Å². The molecule has 2 unspecified atom stereocenters. The molecule has 23 heavy (non-hydrogen) atoms. The van der Waals surface area contributed by atoms with Gasteiger partial charge >= 0.3 is 0 Å². The van der Waals surface area contributed by atoms with Gasteiger partial charge in [-0.3, -0.25) is 4.79 Å². The topological polar surface area (TPSA) is 44.4 Å². The Morgan fingerprint density at radius 1 is 1.04 bits per heavy atom. The second kappa shape index (κ2) is 6.05. The highest BCUT2D eigenvalue weighted by atomic mass is 16.2. The molecule has 1 fully saturated rings. The lowest BCUT2D eigenvalue weighted by Crippen LogP contribution is -2.62. The minimum absolute atomic E-state index is 0.0951. The van der Waals surface area contributed by atoms with E-state index in [0.717, 1.165) is 30.8 Å². The van der Waals surface area contributed by atoms with Crippen LogP contribution in [0.4, 0.5) is 11.4 Å². The Hall–Kier alpha value is -2.33. The van der Waals surface area contributed by atoms with Crippen LogP contribution in [0.3, 0.4) is 0 Å². The minimum Gasteiger partial charge on any atom is -0.355 e. The number of para-hydroxylation sites is 2. The van der Waals surface area contributed by atoms with Crippen molar-refractivity contribution in [1.29, 1.82) is 0 Å². The second-order valence-electron chi connectivity index (χ2n) is 6.30. The first-order valence-corrected chi connectivity index (χ1v) is 8.25. The largest absolute Gasteiger partial charge is 0.355 e. The number of anilines is 2. The number of amides is 1. The van der Waals surface area contributed by atoms with Crippen LogP contribution in [-0.4, -0.2) is 31.1 Å². The van der Waals surface area contributed by atoms with E-state index < -0.39 is 0 Å². The first kappa shape index (κ1) is 14.3. The van der Waals surface area contributed by atoms with Crippen LogP contribution >= 0.6 is 0 Å². The molecule has 2 aliphatic rings. The summed E-state index contributed by atoms with van der Waals surface area (Å²) >= 11 is 0. The van der Waals surface area contributed by atoms with Crippen molar-refractivity contribution in [2.24, 2.45) is 0 Å². The first-order valence-electron chi connectivity index (χ1n) is 8.25. The lowest BCUT2D eigenvalue weighted by molar-refractivity contribution is -0.117. The summed E-state index contributed by atoms with van der Waals surface area (Å²) < 4.78 is 0. The van der Waals surface area contributed by atoms with E-state index in [1.54, 1.807) is 0 Å². The fraction of sp³-hybridized carbons (Fsp3) is 0.316. The fourth-order valence-corrected chi connectivity index (χ4v) is 3.54. The zero-order chi connectivity index (χ0) is 15.6. The third-order valence-corrected chi connectivity index (χ3v) is 4.79. The Kier molecular flexibility index (Phi) is 3.75. The second-order valence-corrected chi connectivity index (χ2v) is 6.30. The molecule has 2 heterocycles. The molecule has 0 aliphatic carbocycles. The van der Waals surface area contributed by atoms with Crippen LogP contribution in [0.5, 0.6) is 0 Å². The predicted molar refractivity (Wildman–Crippen MR) is 92.8 cm³/mol. The number of hydrogen-bond donors (Lipinski definition) is 2. The van der Waals surface area contributed by atoms with E-state index in [4.69, 9.17) is 0 Å². The van der Waals surface area contributed by atoms with Crippen molar-refractivity contribution < 1.29 is 4.79 Å². The molecule has 0 saturated carbocycles. The maximum Gasteiger partial charge on any atom is 0.248 e. The number of carbonyl (C=O) groups is 1. The average Bonchev–Trinajstić information content (AvgIpc) is 2.61. The van der Waals surface area contributed by atoms with Crippen LogP contribution in [0.25, 0.3) is 0 Å². The van der Waals surface area contributed by atoms with E-state index >= 15 is 0 Å². The van der Waals surface area contributed by atoms with E-state index in [-0.39, 0.29) is 11.9 Å². The number of benzene rings is 2. The molecule has 4 rings (SSSR count). The number of piperazine rings is 1. The minimum atomic E-state index is -0.0992. The summed E-state index contributed by atoms with van der Waals surface area (Å²) in [6.45, 7) is 1.58. The van der Waals surface area contributed by atoms with Crippen LogP contribution < -0.4 is 15.5 Å². The quantitative estimate of drug-likeness (QED) is 0.915. The van der Waals surface area contributed by atoms with Gasteiger partial charge in [-0.1, -0.05) is 42.5 Å². The van der Waals surface area contributed by atoms with Gasteiger partial charge in [-0.15, -0.1) is 0 Å². The van der Waals surface area contributed by atoms with Crippen LogP contribution in [0.2, 0.25) is 0 Å². The van der Waals surface area contributed by atoms with Crippen molar-refractivity contribution in [2.75, 3.05) is 23.3 Å². The Morgan fingerprint density at radius 3 is 2.70 bits per heavy atom. The summed E-state index contributed by atoms with van der Waals surface area (Å²) in [6, 6.07) is 19.0. The molecular formula is C19H21N3O. The summed E-state index contributed by atoms with van der Waals surface area (Å²) in [6.07, 6.45) is 2.14. The number of hydrogen-bond acceptors (Lipinski definition) is 3. The van der Waals surface area contributed by atoms with Gasteiger partial charge in [0.2, 0.25) is 5.91 Å². The van der Waals surface area contributed by atoms with Crippen LogP contribution in [0, 0.1) is 0 Å². The molecule has 4 nitrogen and oxygen atoms in total. The molecule has 1 saturated heterocycles. The molecule has 4 heteroatoms. The molecule has 2 aliphatic heterocycles. The Bertz CT molecular complexity index is 701. The maximum atomic E-state index is 12.3. The van der Waals surface area contributed by atoms with Crippen LogP contribution in [-0.2, 0) is 11.2 Å². The van der Waals surface area contributed by atoms with Gasteiger partial charge in [-0.25, -0.2) is 0 Å². The van der Waals surface area contributed by atoms with Crippen LogP contribution in [0.15, 0.2) is 54.6 Å². The van der Waals surface area contributed by atoms with Gasteiger partial charge in [0.25, 0.3) is 0 Å². The van der Waals surface area contributed by atoms with E-state index in [1.165, 1.54) is 5.56 Å². The molecule has 0 bridgehead atoms. The van der Waals surface area contributed by atoms with Crippen molar-refractivity contribution in [3.8, 4) is 0 Å². The number of fused-ring (bicyclic) bond motifs is 3. The number of carbonyl (C=O) groups excluding carboxylic acids is 1. The summed E-state index contributed by atoms with van der Waals surface area (Å²) in [7, 11) is 0. The molecule has 0 radical (unpaired) electrons. The zero-order valence-corrected chi connectivity index (χ0v) is 13.0. The van der Waals surface area contributed by atoms with Crippen molar-refractivity contribution in [3.05, 3.63) is 60.2 Å². The SMILES string of the molecule is O=C1Nc2ccccc2N2CC(CCc3ccccc3)NCC12. The van der Waals surface area contributed by atoms with Gasteiger partial charge in [0, 0.05) is 19.1 Å². The Balaban J connectivity index is 1.48. The molecule has 2 N–H and O–H groups in total. The smallest absolute Gasteiger partial charge is 0.248 e. The van der Waals surface area contributed by atoms with Crippen molar-refractivity contribution in [3.63, 3.8) is 0 Å². The molecule has 2 aromatic rings. The Morgan fingerprint density at radius 2 is 1.83 bits per heavy atom. The van der Waals surface area contributed by atoms with Crippen molar-refractivity contribution in [1.82, 2.24) is 5.32 Å². The predicted octanol–water partition coefficient (Wildman–Crippen LogP) is 2.42. The fourth-order valence-electron chi connectivity index (χ4n) is 3.54. The molecule has 118 valence electrons. The summed E-state index contributed by atoms with van der Waals surface area (Å²) in [5.41, 5.74) is 3.44. The number of aryl methyl sites for hydroxylation is 1. The highest BCUT2D eigenvalue weighted by molar-refractivity contribution is 6.03. The van der Waals surface area contributed by atoms with Crippen molar-refractivity contribution >= 4 is 17.3 Å². The normalized spacial score (nSPS) is 23.0. The van der Waals surface area contributed by atoms with Gasteiger partial charge in [-0.2, -0.15) is 0 Å². The third kappa shape index (κ3) is 2.82. The van der Waals surface area contributed by atoms with Crippen molar-refractivity contribution in [2.45, 2.75) is 24.9 Å². The van der Waals surface area contributed by atoms with Gasteiger partial charge in [0.05, 0.1) is 11.4 Å². The highest BCUT2D eigenvalue weighted by Gasteiger charge is 2.37. The molecular weight excluding hydrogens is 286 g/mol. The average molecular weight is 307 g/mol. The maximum absolute atomic E-state index is 12.3. The van der Waals surface area contributed by atoms with Gasteiger partial charge in [0.1, 0.15) is 6.04 Å². The Labute approximate surface area is 136 Å². The molecule has 2 atom stereocenters. The van der Waals surface area contributed by atoms with Gasteiger partial charge in [-0.05, 0) is 30.5 Å². The highest BCUT2D eigenvalue weighted by Crippen LogP contribution is 2.33. The molecule has 1 amide bonds. The zero-order valence-electron chi connectivity index (χ0n) is 13.0. The molecule has 2 aromatic carbocycles. The number of nitrogens with one attached hydrogen (secondary N) is 2. The standard InChI is InChI=1S/C19H21N3O/c23-19-18-12-20-15(11-10-14-6-2-1-3-7-14)13-22(18)17-9-5-4-8-16(17)21-19/h1-9,15,18,20H,10-13H2,(H,21,23). The van der Waals surface area contributed by atoms with Gasteiger partial charge in [0.15, 0.2) is 0 Å². The summed E-state index contributed by atoms with van der Waals surface area (Å²) in [5.74, 6) is 0.0951. The summed E-state index contributed by atoms with van der Waals surface area (Å²) in [4.78, 5) is 14.5. The number of nitrogens with zero attached hydrogens (tertiary/aromatic N) is 1. The van der Waals surface area contributed by atoms with E-state index in [0.29, 0.717) is 12.6 Å². The monoisotopic (exact) mass is 307 g/mol. The number of rotatable bonds is 3. The van der Waals surface area contributed by atoms with E-state index in [2.05, 4.69) is 51.9 Å². The lowest BCUT2D eigenvalue weighted by Gasteiger charge is -2.44. The summed E-state index contributed by atoms with van der Waals surface area (Å²) in [5, 5.41) is 6.56. The van der Waals surface area contributed by atoms with Crippen LogP contribution in [0.1, 0.15) is 12.0 Å². The van der Waals surface area contributed by atoms with Gasteiger partial charge < -0.3 is 15.5 Å². The lowest BCUT2D eigenvalue weighted by atomic mass is 9.98. The molecule has 0 aromatic heterocycles. The first-order chi connectivity index (χ1) is 11.3.